The summed E-state index contributed by atoms with van der Waals surface area (Å²) in [5, 5.41) is 10.3. The molecule has 1 saturated heterocycles. The molecule has 7 heteroatoms. The van der Waals surface area contributed by atoms with Gasteiger partial charge in [0.2, 0.25) is 0 Å². The average Bonchev–Trinajstić information content (AvgIpc) is 3.32. The van der Waals surface area contributed by atoms with Crippen molar-refractivity contribution in [1.29, 1.82) is 5.26 Å². The predicted molar refractivity (Wildman–Crippen MR) is 141 cm³/mol. The molecule has 184 valence electrons. The van der Waals surface area contributed by atoms with Crippen molar-refractivity contribution in [3.8, 4) is 11.8 Å². The highest BCUT2D eigenvalue weighted by molar-refractivity contribution is 5.84. The number of H-pyrrole nitrogens is 1. The van der Waals surface area contributed by atoms with Gasteiger partial charge in [-0.3, -0.25) is 14.3 Å². The van der Waals surface area contributed by atoms with Crippen LogP contribution in [0.15, 0.2) is 71.8 Å². The molecular formula is C29H30FN5O. The zero-order valence-electron chi connectivity index (χ0n) is 20.3. The lowest BCUT2D eigenvalue weighted by Gasteiger charge is -2.36. The van der Waals surface area contributed by atoms with Crippen LogP contribution in [0.5, 0.6) is 0 Å². The molecule has 0 atom stereocenters. The lowest BCUT2D eigenvalue weighted by Crippen LogP contribution is -2.46. The summed E-state index contributed by atoms with van der Waals surface area (Å²) in [4.78, 5) is 20.2. The van der Waals surface area contributed by atoms with E-state index in [9.17, 15) is 9.18 Å². The van der Waals surface area contributed by atoms with E-state index < -0.39 is 5.82 Å². The van der Waals surface area contributed by atoms with Crippen molar-refractivity contribution in [2.45, 2.75) is 25.7 Å². The number of hydrogen-bond donors (Lipinski definition) is 1. The second kappa shape index (κ2) is 10.8. The Hall–Kier alpha value is -3.89. The van der Waals surface area contributed by atoms with Crippen molar-refractivity contribution in [2.24, 2.45) is 0 Å². The van der Waals surface area contributed by atoms with Gasteiger partial charge in [-0.2, -0.15) is 5.26 Å². The Kier molecular flexibility index (Phi) is 7.15. The second-order valence-corrected chi connectivity index (χ2v) is 9.40. The highest BCUT2D eigenvalue weighted by Gasteiger charge is 2.17. The van der Waals surface area contributed by atoms with Gasteiger partial charge < -0.3 is 9.88 Å². The first-order valence-electron chi connectivity index (χ1n) is 12.6. The standard InChI is InChI=1S/C29H30FN5O/c30-24-6-12-29(36)35(21-24)26-9-7-25(8-10-26)34-16-14-33(15-17-34)13-3-1-2-4-23-20-32-28-11-5-22(19-31)18-27(23)28/h5-12,18,20-21,32H,1-4,13-17H2. The van der Waals surface area contributed by atoms with Crippen molar-refractivity contribution in [3.05, 3.63) is 94.3 Å². The highest BCUT2D eigenvalue weighted by atomic mass is 19.1. The van der Waals surface area contributed by atoms with Crippen molar-refractivity contribution in [1.82, 2.24) is 14.5 Å². The number of fused-ring (bicyclic) bond motifs is 1. The van der Waals surface area contributed by atoms with Crippen LogP contribution in [0, 0.1) is 17.1 Å². The summed E-state index contributed by atoms with van der Waals surface area (Å²) < 4.78 is 14.9. The van der Waals surface area contributed by atoms with Gasteiger partial charge in [-0.1, -0.05) is 6.42 Å². The molecule has 2 aromatic heterocycles. The van der Waals surface area contributed by atoms with Crippen LogP contribution in [0.2, 0.25) is 0 Å². The zero-order chi connectivity index (χ0) is 24.9. The van der Waals surface area contributed by atoms with Gasteiger partial charge in [0.15, 0.2) is 0 Å². The van der Waals surface area contributed by atoms with Crippen LogP contribution < -0.4 is 10.5 Å². The Morgan fingerprint density at radius 3 is 2.47 bits per heavy atom. The van der Waals surface area contributed by atoms with Gasteiger partial charge in [-0.15, -0.1) is 0 Å². The third-order valence-corrected chi connectivity index (χ3v) is 7.06. The maximum atomic E-state index is 13.5. The van der Waals surface area contributed by atoms with Gasteiger partial charge in [0.1, 0.15) is 5.82 Å². The van der Waals surface area contributed by atoms with E-state index in [1.165, 1.54) is 46.7 Å². The van der Waals surface area contributed by atoms with Crippen molar-refractivity contribution in [3.63, 3.8) is 0 Å². The number of pyridine rings is 1. The molecule has 5 rings (SSSR count). The molecule has 0 amide bonds. The molecule has 36 heavy (non-hydrogen) atoms. The molecule has 0 aliphatic carbocycles. The molecule has 6 nitrogen and oxygen atoms in total. The maximum Gasteiger partial charge on any atom is 0.255 e. The smallest absolute Gasteiger partial charge is 0.255 e. The molecule has 0 unspecified atom stereocenters. The number of hydrogen-bond acceptors (Lipinski definition) is 4. The lowest BCUT2D eigenvalue weighted by molar-refractivity contribution is 0.252. The number of benzene rings is 2. The van der Waals surface area contributed by atoms with Gasteiger partial charge in [0.05, 0.1) is 11.6 Å². The molecule has 1 fully saturated rings. The van der Waals surface area contributed by atoms with Crippen molar-refractivity contribution >= 4 is 16.6 Å². The van der Waals surface area contributed by atoms with Gasteiger partial charge >= 0.3 is 0 Å². The highest BCUT2D eigenvalue weighted by Crippen LogP contribution is 2.22. The fourth-order valence-electron chi connectivity index (χ4n) is 5.00. The number of nitriles is 1. The topological polar surface area (TPSA) is 68.1 Å². The van der Waals surface area contributed by atoms with E-state index in [1.54, 1.807) is 0 Å². The molecule has 0 spiro atoms. The molecule has 0 bridgehead atoms. The fraction of sp³-hybridized carbons (Fsp3) is 0.310. The van der Waals surface area contributed by atoms with Crippen LogP contribution >= 0.6 is 0 Å². The molecule has 3 heterocycles. The summed E-state index contributed by atoms with van der Waals surface area (Å²) in [5.41, 5.74) is 4.65. The molecule has 2 aromatic carbocycles. The molecule has 4 aromatic rings. The van der Waals surface area contributed by atoms with E-state index in [0.29, 0.717) is 11.3 Å². The number of aromatic nitrogens is 2. The number of nitrogens with zero attached hydrogens (tertiary/aromatic N) is 4. The monoisotopic (exact) mass is 483 g/mol. The van der Waals surface area contributed by atoms with Gasteiger partial charge in [-0.05, 0) is 79.9 Å². The zero-order valence-corrected chi connectivity index (χ0v) is 20.3. The number of aryl methyl sites for hydroxylation is 1. The van der Waals surface area contributed by atoms with Crippen LogP contribution in [-0.4, -0.2) is 47.2 Å². The number of nitrogens with one attached hydrogen (secondary N) is 1. The summed E-state index contributed by atoms with van der Waals surface area (Å²) in [6, 6.07) is 18.2. The van der Waals surface area contributed by atoms with Gasteiger partial charge in [0.25, 0.3) is 5.56 Å². The SMILES string of the molecule is N#Cc1ccc2[nH]cc(CCCCCN3CCN(c4ccc(-n5cc(F)ccc5=O)cc4)CC3)c2c1. The van der Waals surface area contributed by atoms with E-state index in [1.807, 2.05) is 42.5 Å². The van der Waals surface area contributed by atoms with E-state index in [4.69, 9.17) is 5.26 Å². The normalized spacial score (nSPS) is 14.3. The first-order valence-corrected chi connectivity index (χ1v) is 12.6. The molecule has 0 radical (unpaired) electrons. The third kappa shape index (κ3) is 5.34. The van der Waals surface area contributed by atoms with E-state index in [0.717, 1.165) is 56.8 Å². The number of aromatic amines is 1. The predicted octanol–water partition coefficient (Wildman–Crippen LogP) is 4.86. The van der Waals surface area contributed by atoms with E-state index in [2.05, 4.69) is 27.0 Å². The van der Waals surface area contributed by atoms with Crippen molar-refractivity contribution < 1.29 is 4.39 Å². The number of anilines is 1. The first kappa shape index (κ1) is 23.8. The van der Waals surface area contributed by atoms with Gasteiger partial charge in [-0.25, -0.2) is 4.39 Å². The number of piperazine rings is 1. The Morgan fingerprint density at radius 2 is 1.69 bits per heavy atom. The largest absolute Gasteiger partial charge is 0.369 e. The average molecular weight is 484 g/mol. The Balaban J connectivity index is 1.05. The summed E-state index contributed by atoms with van der Waals surface area (Å²) in [7, 11) is 0. The third-order valence-electron chi connectivity index (χ3n) is 7.06. The molecule has 0 saturated carbocycles. The fourth-order valence-corrected chi connectivity index (χ4v) is 5.00. The summed E-state index contributed by atoms with van der Waals surface area (Å²) in [6.45, 7) is 5.11. The molecule has 1 aliphatic rings. The quantitative estimate of drug-likeness (QED) is 0.363. The van der Waals surface area contributed by atoms with Crippen molar-refractivity contribution in [2.75, 3.05) is 37.6 Å². The molecule has 1 aliphatic heterocycles. The van der Waals surface area contributed by atoms with Gasteiger partial charge in [0, 0.05) is 66.9 Å². The van der Waals surface area contributed by atoms with E-state index >= 15 is 0 Å². The lowest BCUT2D eigenvalue weighted by atomic mass is 10.0. The maximum absolute atomic E-state index is 13.5. The number of halogens is 1. The van der Waals surface area contributed by atoms with Crippen LogP contribution in [0.1, 0.15) is 30.4 Å². The Morgan fingerprint density at radius 1 is 0.917 bits per heavy atom. The minimum atomic E-state index is -0.429. The summed E-state index contributed by atoms with van der Waals surface area (Å²) in [5.74, 6) is -0.429. The number of rotatable bonds is 8. The number of unbranched alkanes of at least 4 members (excludes halogenated alkanes) is 2. The van der Waals surface area contributed by atoms with Crippen LogP contribution in [-0.2, 0) is 6.42 Å². The molecular weight excluding hydrogens is 453 g/mol. The summed E-state index contributed by atoms with van der Waals surface area (Å²) >= 11 is 0. The minimum absolute atomic E-state index is 0.243. The van der Waals surface area contributed by atoms with Crippen LogP contribution in [0.25, 0.3) is 16.6 Å². The molecule has 1 N–H and O–H groups in total. The van der Waals surface area contributed by atoms with E-state index in [-0.39, 0.29) is 5.56 Å². The second-order valence-electron chi connectivity index (χ2n) is 9.40. The first-order chi connectivity index (χ1) is 17.6. The summed E-state index contributed by atoms with van der Waals surface area (Å²) in [6.07, 6.45) is 7.84. The Bertz CT molecular complexity index is 1420. The minimum Gasteiger partial charge on any atom is -0.369 e. The van der Waals surface area contributed by atoms with Crippen LogP contribution in [0.3, 0.4) is 0 Å². The van der Waals surface area contributed by atoms with Crippen LogP contribution in [0.4, 0.5) is 10.1 Å². The Labute approximate surface area is 210 Å².